The first-order valence-corrected chi connectivity index (χ1v) is 16.9. The van der Waals surface area contributed by atoms with E-state index in [1.807, 2.05) is 26.1 Å². The molecule has 3 aliphatic carbocycles. The van der Waals surface area contributed by atoms with Crippen molar-refractivity contribution < 1.29 is 17.6 Å². The molecule has 1 aromatic carbocycles. The van der Waals surface area contributed by atoms with Crippen LogP contribution in [0.4, 0.5) is 4.39 Å². The Labute approximate surface area is 254 Å². The van der Waals surface area contributed by atoms with Gasteiger partial charge in [-0.1, -0.05) is 5.57 Å². The number of benzene rings is 1. The van der Waals surface area contributed by atoms with Crippen molar-refractivity contribution in [1.82, 2.24) is 28.9 Å². The van der Waals surface area contributed by atoms with Crippen molar-refractivity contribution in [2.45, 2.75) is 75.4 Å². The van der Waals surface area contributed by atoms with Gasteiger partial charge >= 0.3 is 0 Å². The van der Waals surface area contributed by atoms with Crippen LogP contribution in [0, 0.1) is 11.2 Å². The number of halogens is 1. The molecule has 3 aromatic heterocycles. The van der Waals surface area contributed by atoms with Gasteiger partial charge in [0.05, 0.1) is 23.0 Å². The number of carbonyl (C=O) groups is 1. The average molecular weight is 621 g/mol. The molecule has 3 aliphatic rings. The summed E-state index contributed by atoms with van der Waals surface area (Å²) in [5, 5.41) is 9.33. The first kappa shape index (κ1) is 28.3. The predicted molar refractivity (Wildman–Crippen MR) is 161 cm³/mol. The van der Waals surface area contributed by atoms with Gasteiger partial charge in [0.1, 0.15) is 5.82 Å². The van der Waals surface area contributed by atoms with Gasteiger partial charge in [0.2, 0.25) is 5.78 Å². The number of sulfonamides is 1. The Bertz CT molecular complexity index is 1850. The lowest BCUT2D eigenvalue weighted by atomic mass is 9.61. The molecule has 0 radical (unpaired) electrons. The van der Waals surface area contributed by atoms with Crippen LogP contribution in [-0.4, -0.2) is 55.1 Å². The number of ketones is 1. The van der Waals surface area contributed by atoms with E-state index in [0.717, 1.165) is 40.2 Å². The summed E-state index contributed by atoms with van der Waals surface area (Å²) < 4.78 is 46.4. The molecule has 43 heavy (non-hydrogen) atoms. The van der Waals surface area contributed by atoms with E-state index in [1.54, 1.807) is 40.6 Å². The van der Waals surface area contributed by atoms with Crippen LogP contribution < -0.4 is 0 Å². The normalized spacial score (nSPS) is 22.0. The molecule has 0 saturated heterocycles. The minimum absolute atomic E-state index is 0.00548. The second-order valence-electron chi connectivity index (χ2n) is 12.2. The Morgan fingerprint density at radius 3 is 2.58 bits per heavy atom. The fourth-order valence-corrected chi connectivity index (χ4v) is 9.71. The average Bonchev–Trinajstić information content (AvgIpc) is 3.33. The highest BCUT2D eigenvalue weighted by Crippen LogP contribution is 2.52. The van der Waals surface area contributed by atoms with Crippen LogP contribution in [0.3, 0.4) is 0 Å². The lowest BCUT2D eigenvalue weighted by Gasteiger charge is -2.47. The maximum Gasteiger partial charge on any atom is 0.262 e. The quantitative estimate of drug-likeness (QED) is 0.240. The first-order chi connectivity index (χ1) is 20.6. The van der Waals surface area contributed by atoms with Crippen LogP contribution in [0.25, 0.3) is 11.8 Å². The van der Waals surface area contributed by atoms with E-state index in [2.05, 4.69) is 15.2 Å². The van der Waals surface area contributed by atoms with Gasteiger partial charge < -0.3 is 0 Å². The summed E-state index contributed by atoms with van der Waals surface area (Å²) in [5.41, 5.74) is 2.49. The minimum atomic E-state index is -3.92. The van der Waals surface area contributed by atoms with Crippen molar-refractivity contribution in [3.8, 4) is 5.69 Å². The molecule has 0 spiro atoms. The topological polar surface area (TPSA) is 103 Å². The lowest BCUT2D eigenvalue weighted by molar-refractivity contribution is 0.0727. The van der Waals surface area contributed by atoms with Crippen LogP contribution in [0.5, 0.6) is 0 Å². The van der Waals surface area contributed by atoms with Crippen molar-refractivity contribution in [2.75, 3.05) is 0 Å². The smallest absolute Gasteiger partial charge is 0.262 e. The standard InChI is InChI=1S/C31H33FN6O3S2/c1-19(2)38(43(40,41)28-12-13-36(3)35-28)25-9-6-22-14-26-21(17-34-37(26)24-10-7-23(32)8-11-24)15-31(22,16-25)29(39)30-33-18-27(42-30)20-4-5-20/h7-8,10-14,17-20,25H,4-6,9,15-16H2,1-3H3/t25-,31-/m0/s1. The van der Waals surface area contributed by atoms with E-state index >= 15 is 0 Å². The van der Waals surface area contributed by atoms with Crippen molar-refractivity contribution >= 4 is 33.2 Å². The Balaban J connectivity index is 1.31. The van der Waals surface area contributed by atoms with Gasteiger partial charge in [-0.15, -0.1) is 11.3 Å². The molecule has 12 heteroatoms. The molecule has 7 rings (SSSR count). The zero-order chi connectivity index (χ0) is 30.1. The summed E-state index contributed by atoms with van der Waals surface area (Å²) in [7, 11) is -2.22. The molecule has 0 N–H and O–H groups in total. The third-order valence-electron chi connectivity index (χ3n) is 8.94. The Kier molecular flexibility index (Phi) is 6.79. The van der Waals surface area contributed by atoms with Gasteiger partial charge in [0.25, 0.3) is 10.0 Å². The molecule has 0 amide bonds. The third kappa shape index (κ3) is 4.79. The summed E-state index contributed by atoms with van der Waals surface area (Å²) in [6.07, 6.45) is 11.4. The number of carbonyl (C=O) groups excluding carboxylic acids is 1. The molecule has 4 aromatic rings. The maximum absolute atomic E-state index is 14.7. The molecule has 2 fully saturated rings. The number of allylic oxidation sites excluding steroid dienone is 1. The SMILES string of the molecule is CC(C)N([C@H]1CCC2=Cc3c(cnn3-c3ccc(F)cc3)C[C@]2(C(=O)c2ncc(C3CC3)s2)C1)S(=O)(=O)c1ccn(C)n1. The highest BCUT2D eigenvalue weighted by Gasteiger charge is 2.52. The second-order valence-corrected chi connectivity index (χ2v) is 15.0. The Morgan fingerprint density at radius 1 is 1.14 bits per heavy atom. The number of thiazole rings is 1. The summed E-state index contributed by atoms with van der Waals surface area (Å²) in [4.78, 5) is 20.4. The molecule has 0 aliphatic heterocycles. The Morgan fingerprint density at radius 2 is 1.91 bits per heavy atom. The molecule has 9 nitrogen and oxygen atoms in total. The van der Waals surface area contributed by atoms with Gasteiger partial charge in [0.15, 0.2) is 10.0 Å². The predicted octanol–water partition coefficient (Wildman–Crippen LogP) is 5.54. The lowest BCUT2D eigenvalue weighted by Crippen LogP contribution is -2.52. The first-order valence-electron chi connectivity index (χ1n) is 14.6. The van der Waals surface area contributed by atoms with E-state index in [1.165, 1.54) is 34.2 Å². The van der Waals surface area contributed by atoms with Gasteiger partial charge in [-0.25, -0.2) is 22.5 Å². The van der Waals surface area contributed by atoms with E-state index in [9.17, 15) is 17.6 Å². The van der Waals surface area contributed by atoms with E-state index in [4.69, 9.17) is 0 Å². The number of Topliss-reactive ketones (excluding diaryl/α,β-unsaturated/α-hetero) is 1. The molecular formula is C31H33FN6O3S2. The van der Waals surface area contributed by atoms with Crippen LogP contribution in [0.15, 0.2) is 59.5 Å². The number of nitrogens with zero attached hydrogens (tertiary/aromatic N) is 6. The molecular weight excluding hydrogens is 588 g/mol. The van der Waals surface area contributed by atoms with E-state index < -0.39 is 21.5 Å². The summed E-state index contributed by atoms with van der Waals surface area (Å²) >= 11 is 1.47. The van der Waals surface area contributed by atoms with Crippen molar-refractivity contribution in [1.29, 1.82) is 0 Å². The minimum Gasteiger partial charge on any atom is -0.290 e. The Hall–Kier alpha value is -3.48. The summed E-state index contributed by atoms with van der Waals surface area (Å²) in [6, 6.07) is 6.94. The number of rotatable bonds is 8. The van der Waals surface area contributed by atoms with Gasteiger partial charge in [-0.3, -0.25) is 9.48 Å². The van der Waals surface area contributed by atoms with Crippen molar-refractivity contribution in [3.63, 3.8) is 0 Å². The monoisotopic (exact) mass is 620 g/mol. The van der Waals surface area contributed by atoms with E-state index in [-0.39, 0.29) is 22.7 Å². The third-order valence-corrected chi connectivity index (χ3v) is 12.1. The van der Waals surface area contributed by atoms with Crippen molar-refractivity contribution in [2.24, 2.45) is 12.5 Å². The molecule has 3 heterocycles. The highest BCUT2D eigenvalue weighted by molar-refractivity contribution is 7.89. The zero-order valence-corrected chi connectivity index (χ0v) is 25.9. The number of aromatic nitrogens is 5. The molecule has 2 atom stereocenters. The number of hydrogen-bond acceptors (Lipinski definition) is 7. The zero-order valence-electron chi connectivity index (χ0n) is 24.3. The fraction of sp³-hybridized carbons (Fsp3) is 0.419. The number of aryl methyl sites for hydroxylation is 1. The van der Waals surface area contributed by atoms with Gasteiger partial charge in [0, 0.05) is 36.4 Å². The summed E-state index contributed by atoms with van der Waals surface area (Å²) in [5.74, 6) is 0.104. The second kappa shape index (κ2) is 10.3. The fourth-order valence-electron chi connectivity index (χ4n) is 6.78. The maximum atomic E-state index is 14.7. The van der Waals surface area contributed by atoms with Crippen LogP contribution in [-0.2, 0) is 23.5 Å². The molecule has 0 bridgehead atoms. The van der Waals surface area contributed by atoms with Crippen LogP contribution >= 0.6 is 11.3 Å². The highest BCUT2D eigenvalue weighted by atomic mass is 32.2. The summed E-state index contributed by atoms with van der Waals surface area (Å²) in [6.45, 7) is 3.74. The molecule has 0 unspecified atom stereocenters. The van der Waals surface area contributed by atoms with E-state index in [0.29, 0.717) is 36.6 Å². The van der Waals surface area contributed by atoms with Gasteiger partial charge in [-0.05, 0) is 100 Å². The van der Waals surface area contributed by atoms with Crippen LogP contribution in [0.2, 0.25) is 0 Å². The van der Waals surface area contributed by atoms with Gasteiger partial charge in [-0.2, -0.15) is 14.5 Å². The molecule has 224 valence electrons. The largest absolute Gasteiger partial charge is 0.290 e. The van der Waals surface area contributed by atoms with Crippen LogP contribution in [0.1, 0.15) is 77.8 Å². The molecule has 2 saturated carbocycles. The number of hydrogen-bond donors (Lipinski definition) is 0. The number of fused-ring (bicyclic) bond motifs is 2. The van der Waals surface area contributed by atoms with Crippen molar-refractivity contribution in [3.05, 3.63) is 81.5 Å².